The number of aliphatic hydroxyl groups is 1. The van der Waals surface area contributed by atoms with Crippen LogP contribution in [0.3, 0.4) is 0 Å². The van der Waals surface area contributed by atoms with Gasteiger partial charge in [-0.1, -0.05) is 17.0 Å². The highest BCUT2D eigenvalue weighted by Gasteiger charge is 2.50. The van der Waals surface area contributed by atoms with Gasteiger partial charge in [-0.05, 0) is 30.5 Å². The number of piperidine rings is 1. The van der Waals surface area contributed by atoms with Gasteiger partial charge in [0.2, 0.25) is 12.0 Å². The molecule has 9 heteroatoms. The van der Waals surface area contributed by atoms with E-state index >= 15 is 0 Å². The van der Waals surface area contributed by atoms with Crippen LogP contribution in [-0.2, 0) is 17.5 Å². The Labute approximate surface area is 165 Å². The van der Waals surface area contributed by atoms with Crippen LogP contribution in [0.15, 0.2) is 48.9 Å². The van der Waals surface area contributed by atoms with Gasteiger partial charge >= 0.3 is 12.1 Å². The molecule has 1 fully saturated rings. The van der Waals surface area contributed by atoms with Crippen molar-refractivity contribution >= 4 is 11.5 Å². The molecule has 6 nitrogen and oxygen atoms in total. The third-order valence-corrected chi connectivity index (χ3v) is 5.25. The van der Waals surface area contributed by atoms with Gasteiger partial charge in [0.25, 0.3) is 0 Å². The predicted molar refractivity (Wildman–Crippen MR) is 98.2 cm³/mol. The van der Waals surface area contributed by atoms with E-state index in [0.29, 0.717) is 18.5 Å². The van der Waals surface area contributed by atoms with Crippen molar-refractivity contribution in [3.05, 3.63) is 65.6 Å². The second-order valence-corrected chi connectivity index (χ2v) is 7.13. The van der Waals surface area contributed by atoms with E-state index in [2.05, 4.69) is 9.97 Å². The van der Waals surface area contributed by atoms with E-state index in [1.807, 2.05) is 0 Å². The SMILES string of the molecule is O=C1C(c2cccc(C(F)(F)F)c2)=C(O)N2CCCCC2[N+]1Cc1cncnc1. The van der Waals surface area contributed by atoms with E-state index in [1.165, 1.54) is 18.5 Å². The van der Waals surface area contributed by atoms with E-state index < -0.39 is 17.6 Å². The predicted octanol–water partition coefficient (Wildman–Crippen LogP) is 3.41. The first kappa shape index (κ1) is 19.4. The average Bonchev–Trinajstić information content (AvgIpc) is 2.72. The lowest BCUT2D eigenvalue weighted by atomic mass is 9.96. The van der Waals surface area contributed by atoms with Crippen molar-refractivity contribution in [2.75, 3.05) is 6.54 Å². The Morgan fingerprint density at radius 2 is 1.97 bits per heavy atom. The largest absolute Gasteiger partial charge is 0.494 e. The maximum Gasteiger partial charge on any atom is 0.416 e. The lowest BCUT2D eigenvalue weighted by molar-refractivity contribution is -0.137. The van der Waals surface area contributed by atoms with Crippen molar-refractivity contribution in [2.45, 2.75) is 38.1 Å². The lowest BCUT2D eigenvalue weighted by Gasteiger charge is -2.39. The molecule has 1 aromatic carbocycles. The van der Waals surface area contributed by atoms with Crippen LogP contribution in [0.1, 0.15) is 36.0 Å². The maximum atomic E-state index is 13.3. The summed E-state index contributed by atoms with van der Waals surface area (Å²) < 4.78 is 39.5. The van der Waals surface area contributed by atoms with Gasteiger partial charge in [-0.3, -0.25) is 4.90 Å². The second kappa shape index (κ2) is 7.47. The zero-order chi connectivity index (χ0) is 20.6. The summed E-state index contributed by atoms with van der Waals surface area (Å²) in [4.78, 5) is 24.5. The Hall–Kier alpha value is -2.94. The summed E-state index contributed by atoms with van der Waals surface area (Å²) in [5.74, 6) is -0.770. The Balaban J connectivity index is 1.77. The fraction of sp³-hybridized carbons (Fsp3) is 0.350. The van der Waals surface area contributed by atoms with Crippen LogP contribution >= 0.6 is 0 Å². The van der Waals surface area contributed by atoms with Gasteiger partial charge in [-0.2, -0.15) is 13.2 Å². The number of benzene rings is 1. The molecule has 1 radical (unpaired) electrons. The Morgan fingerprint density at radius 3 is 2.69 bits per heavy atom. The number of rotatable bonds is 3. The van der Waals surface area contributed by atoms with Gasteiger partial charge in [-0.25, -0.2) is 14.8 Å². The van der Waals surface area contributed by atoms with Gasteiger partial charge in [0.15, 0.2) is 12.1 Å². The molecule has 0 bridgehead atoms. The van der Waals surface area contributed by atoms with Crippen LogP contribution in [0, 0.1) is 0 Å². The molecule has 1 unspecified atom stereocenters. The summed E-state index contributed by atoms with van der Waals surface area (Å²) >= 11 is 0. The summed E-state index contributed by atoms with van der Waals surface area (Å²) in [7, 11) is 0. The number of amides is 1. The third-order valence-electron chi connectivity index (χ3n) is 5.25. The first-order valence-corrected chi connectivity index (χ1v) is 9.28. The Morgan fingerprint density at radius 1 is 1.21 bits per heavy atom. The molecule has 2 aliphatic heterocycles. The molecule has 4 rings (SSSR count). The number of fused-ring (bicyclic) bond motifs is 1. The summed E-state index contributed by atoms with van der Waals surface area (Å²) in [5, 5.41) is 10.8. The number of nitrogens with zero attached hydrogens (tertiary/aromatic N) is 4. The number of aromatic nitrogens is 2. The number of alkyl halides is 3. The number of carbonyl (C=O) groups is 1. The number of hydrogen-bond acceptors (Lipinski definition) is 5. The fourth-order valence-corrected chi connectivity index (χ4v) is 3.89. The molecule has 2 aliphatic rings. The lowest BCUT2D eigenvalue weighted by Crippen LogP contribution is -2.59. The van der Waals surface area contributed by atoms with E-state index in [0.717, 1.165) is 25.0 Å². The first-order valence-electron chi connectivity index (χ1n) is 9.28. The molecule has 151 valence electrons. The topological polar surface area (TPSA) is 72.2 Å². The summed E-state index contributed by atoms with van der Waals surface area (Å²) in [6, 6.07) is 4.49. The van der Waals surface area contributed by atoms with Crippen LogP contribution in [0.5, 0.6) is 0 Å². The van der Waals surface area contributed by atoms with Gasteiger partial charge in [0.05, 0.1) is 5.56 Å². The molecule has 1 N–H and O–H groups in total. The number of hydrogen-bond donors (Lipinski definition) is 1. The molecule has 1 atom stereocenters. The van der Waals surface area contributed by atoms with E-state index in [-0.39, 0.29) is 29.7 Å². The number of carbonyl (C=O) groups excluding carboxylic acids is 1. The highest BCUT2D eigenvalue weighted by Crippen LogP contribution is 2.36. The minimum Gasteiger partial charge on any atom is -0.494 e. The van der Waals surface area contributed by atoms with Crippen molar-refractivity contribution in [3.63, 3.8) is 0 Å². The normalized spacial score (nSPS) is 20.7. The zero-order valence-corrected chi connectivity index (χ0v) is 15.4. The van der Waals surface area contributed by atoms with Crippen molar-refractivity contribution in [3.8, 4) is 0 Å². The summed E-state index contributed by atoms with van der Waals surface area (Å²) in [5.41, 5.74) is -0.241. The van der Waals surface area contributed by atoms with Crippen molar-refractivity contribution in [1.29, 1.82) is 0 Å². The minimum absolute atomic E-state index is 0.0423. The standard InChI is InChI=1S/C20H19F3N4O2/c21-20(22,23)15-5-3-4-14(8-15)17-18(28)26-7-2-1-6-16(26)27(19(17)29)11-13-9-24-12-25-10-13/h3-5,8-10,12,16,28H,1-2,6-7,11H2/q+1. The van der Waals surface area contributed by atoms with Crippen molar-refractivity contribution in [1.82, 2.24) is 19.8 Å². The summed E-state index contributed by atoms with van der Waals surface area (Å²) in [6.07, 6.45) is 2.05. The second-order valence-electron chi connectivity index (χ2n) is 7.13. The van der Waals surface area contributed by atoms with Crippen LogP contribution in [-0.4, -0.2) is 38.6 Å². The van der Waals surface area contributed by atoms with Gasteiger partial charge in [0, 0.05) is 30.9 Å². The summed E-state index contributed by atoms with van der Waals surface area (Å²) in [6.45, 7) is 0.727. The fourth-order valence-electron chi connectivity index (χ4n) is 3.89. The van der Waals surface area contributed by atoms with Crippen LogP contribution < -0.4 is 4.90 Å². The number of halogens is 3. The van der Waals surface area contributed by atoms with Crippen molar-refractivity contribution in [2.24, 2.45) is 0 Å². The maximum absolute atomic E-state index is 13.3. The monoisotopic (exact) mass is 404 g/mol. The van der Waals surface area contributed by atoms with Crippen LogP contribution in [0.2, 0.25) is 0 Å². The molecule has 29 heavy (non-hydrogen) atoms. The molecule has 0 saturated carbocycles. The highest BCUT2D eigenvalue weighted by atomic mass is 19.4. The molecule has 1 aromatic heterocycles. The Bertz CT molecular complexity index is 946. The van der Waals surface area contributed by atoms with Gasteiger partial charge in [-0.15, -0.1) is 0 Å². The average molecular weight is 404 g/mol. The molecule has 1 amide bonds. The molecule has 0 aliphatic carbocycles. The zero-order valence-electron chi connectivity index (χ0n) is 15.4. The first-order chi connectivity index (χ1) is 13.9. The molecular formula is C20H19F3N4O2+. The van der Waals surface area contributed by atoms with Crippen LogP contribution in [0.25, 0.3) is 5.57 Å². The minimum atomic E-state index is -4.54. The third kappa shape index (κ3) is 3.69. The molecule has 2 aromatic rings. The van der Waals surface area contributed by atoms with Crippen molar-refractivity contribution < 1.29 is 23.1 Å². The smallest absolute Gasteiger partial charge is 0.416 e. The molecule has 0 spiro atoms. The van der Waals surface area contributed by atoms with Crippen LogP contribution in [0.4, 0.5) is 13.2 Å². The quantitative estimate of drug-likeness (QED) is 0.794. The number of aliphatic hydroxyl groups excluding tert-OH is 1. The molecule has 3 heterocycles. The van der Waals surface area contributed by atoms with Gasteiger partial charge in [0.1, 0.15) is 6.33 Å². The molecule has 1 saturated heterocycles. The van der Waals surface area contributed by atoms with E-state index in [9.17, 15) is 23.1 Å². The highest BCUT2D eigenvalue weighted by molar-refractivity contribution is 6.21. The van der Waals surface area contributed by atoms with E-state index in [4.69, 9.17) is 0 Å². The van der Waals surface area contributed by atoms with Gasteiger partial charge < -0.3 is 5.11 Å². The molecular weight excluding hydrogens is 385 g/mol. The van der Waals surface area contributed by atoms with E-state index in [1.54, 1.807) is 22.2 Å². The Kier molecular flexibility index (Phi) is 4.99.